The molecule has 2 aliphatic rings. The van der Waals surface area contributed by atoms with E-state index in [1.807, 2.05) is 6.92 Å². The van der Waals surface area contributed by atoms with E-state index in [1.165, 1.54) is 0 Å². The number of hydrogen-bond donors (Lipinski definition) is 0. The van der Waals surface area contributed by atoms with Gasteiger partial charge in [-0.05, 0) is 13.3 Å². The maximum Gasteiger partial charge on any atom is 0.228 e. The molecule has 0 spiro atoms. The first-order valence-electron chi connectivity index (χ1n) is 6.49. The Hall–Kier alpha value is -1.33. The van der Waals surface area contributed by atoms with Gasteiger partial charge in [0.05, 0.1) is 13.2 Å². The first kappa shape index (κ1) is 12.7. The second-order valence-electron chi connectivity index (χ2n) is 4.85. The third-order valence-corrected chi connectivity index (χ3v) is 3.83. The Bertz CT molecular complexity index is 514. The summed E-state index contributed by atoms with van der Waals surface area (Å²) in [5.41, 5.74) is 2.02. The summed E-state index contributed by atoms with van der Waals surface area (Å²) in [5, 5.41) is 0.565. The number of halogens is 1. The lowest BCUT2D eigenvalue weighted by Crippen LogP contribution is -2.37. The SMILES string of the molecule is C=C(C)N1CCc2c(Cl)nc(N3CCOCC3)nc21. The molecular weight excluding hydrogens is 264 g/mol. The Morgan fingerprint density at radius 2 is 2.00 bits per heavy atom. The number of allylic oxidation sites excluding steroid dienone is 1. The number of ether oxygens (including phenoxy) is 1. The molecule has 6 heteroatoms. The third-order valence-electron chi connectivity index (χ3n) is 3.52. The van der Waals surface area contributed by atoms with Gasteiger partial charge >= 0.3 is 0 Å². The quantitative estimate of drug-likeness (QED) is 0.774. The van der Waals surface area contributed by atoms with Crippen LogP contribution in [-0.4, -0.2) is 42.8 Å². The molecule has 2 aliphatic heterocycles. The van der Waals surface area contributed by atoms with Gasteiger partial charge in [-0.3, -0.25) is 0 Å². The first-order chi connectivity index (χ1) is 9.16. The lowest BCUT2D eigenvalue weighted by molar-refractivity contribution is 0.122. The van der Waals surface area contributed by atoms with E-state index in [-0.39, 0.29) is 0 Å². The van der Waals surface area contributed by atoms with Crippen molar-refractivity contribution < 1.29 is 4.74 Å². The third kappa shape index (κ3) is 2.28. The number of rotatable bonds is 2. The Kier molecular flexibility index (Phi) is 3.33. The van der Waals surface area contributed by atoms with E-state index < -0.39 is 0 Å². The molecule has 0 amide bonds. The molecule has 0 N–H and O–H groups in total. The van der Waals surface area contributed by atoms with Crippen molar-refractivity contribution in [2.45, 2.75) is 13.3 Å². The van der Waals surface area contributed by atoms with Crippen molar-refractivity contribution in [2.24, 2.45) is 0 Å². The molecule has 0 radical (unpaired) electrons. The highest BCUT2D eigenvalue weighted by Crippen LogP contribution is 2.34. The van der Waals surface area contributed by atoms with Crippen LogP contribution in [0.4, 0.5) is 11.8 Å². The predicted molar refractivity (Wildman–Crippen MR) is 75.9 cm³/mol. The van der Waals surface area contributed by atoms with Crippen molar-refractivity contribution in [3.8, 4) is 0 Å². The molecule has 3 heterocycles. The highest BCUT2D eigenvalue weighted by molar-refractivity contribution is 6.30. The molecule has 0 aromatic carbocycles. The van der Waals surface area contributed by atoms with Gasteiger partial charge < -0.3 is 14.5 Å². The van der Waals surface area contributed by atoms with Crippen LogP contribution in [0, 0.1) is 0 Å². The Labute approximate surface area is 117 Å². The molecule has 3 rings (SSSR count). The van der Waals surface area contributed by atoms with Crippen LogP contribution in [0.25, 0.3) is 0 Å². The van der Waals surface area contributed by atoms with Gasteiger partial charge in [-0.1, -0.05) is 18.2 Å². The summed E-state index contributed by atoms with van der Waals surface area (Å²) in [6.07, 6.45) is 0.879. The number of fused-ring (bicyclic) bond motifs is 1. The molecule has 1 aromatic rings. The molecule has 0 bridgehead atoms. The minimum Gasteiger partial charge on any atom is -0.378 e. The Morgan fingerprint density at radius 3 is 2.68 bits per heavy atom. The van der Waals surface area contributed by atoms with E-state index in [9.17, 15) is 0 Å². The van der Waals surface area contributed by atoms with E-state index >= 15 is 0 Å². The summed E-state index contributed by atoms with van der Waals surface area (Å²) in [7, 11) is 0. The van der Waals surface area contributed by atoms with E-state index in [0.717, 1.165) is 43.1 Å². The van der Waals surface area contributed by atoms with E-state index in [4.69, 9.17) is 16.3 Å². The lowest BCUT2D eigenvalue weighted by Gasteiger charge is -2.28. The Balaban J connectivity index is 1.97. The monoisotopic (exact) mass is 280 g/mol. The molecule has 1 aromatic heterocycles. The topological polar surface area (TPSA) is 41.5 Å². The molecule has 0 aliphatic carbocycles. The Morgan fingerprint density at radius 1 is 1.26 bits per heavy atom. The van der Waals surface area contributed by atoms with E-state index in [0.29, 0.717) is 24.3 Å². The van der Waals surface area contributed by atoms with Gasteiger partial charge in [-0.25, -0.2) is 4.98 Å². The number of nitrogens with zero attached hydrogens (tertiary/aromatic N) is 4. The molecule has 0 saturated carbocycles. The van der Waals surface area contributed by atoms with E-state index in [1.54, 1.807) is 0 Å². The molecule has 102 valence electrons. The average molecular weight is 281 g/mol. The highest BCUT2D eigenvalue weighted by atomic mass is 35.5. The van der Waals surface area contributed by atoms with Crippen LogP contribution < -0.4 is 9.80 Å². The van der Waals surface area contributed by atoms with Crippen LogP contribution >= 0.6 is 11.6 Å². The summed E-state index contributed by atoms with van der Waals surface area (Å²) in [6.45, 7) is 9.90. The van der Waals surface area contributed by atoms with Crippen LogP contribution in [0.1, 0.15) is 12.5 Å². The first-order valence-corrected chi connectivity index (χ1v) is 6.87. The van der Waals surface area contributed by atoms with Crippen molar-refractivity contribution in [3.63, 3.8) is 0 Å². The standard InChI is InChI=1S/C13H17ClN4O/c1-9(2)18-4-3-10-11(14)15-13(16-12(10)18)17-5-7-19-8-6-17/h1,3-8H2,2H3. The normalized spacial score (nSPS) is 18.6. The fourth-order valence-corrected chi connectivity index (χ4v) is 2.73. The molecule has 19 heavy (non-hydrogen) atoms. The van der Waals surface area contributed by atoms with Crippen LogP contribution in [0.15, 0.2) is 12.3 Å². The van der Waals surface area contributed by atoms with Crippen molar-refractivity contribution >= 4 is 23.4 Å². The second-order valence-corrected chi connectivity index (χ2v) is 5.21. The zero-order valence-electron chi connectivity index (χ0n) is 11.0. The molecule has 0 unspecified atom stereocenters. The maximum atomic E-state index is 6.30. The van der Waals surface area contributed by atoms with E-state index in [2.05, 4.69) is 26.3 Å². The summed E-state index contributed by atoms with van der Waals surface area (Å²) >= 11 is 6.30. The molecule has 0 atom stereocenters. The minimum atomic E-state index is 0.565. The molecule has 5 nitrogen and oxygen atoms in total. The number of hydrogen-bond acceptors (Lipinski definition) is 5. The zero-order valence-corrected chi connectivity index (χ0v) is 11.8. The summed E-state index contributed by atoms with van der Waals surface area (Å²) in [4.78, 5) is 13.3. The average Bonchev–Trinajstić information content (AvgIpc) is 2.84. The van der Waals surface area contributed by atoms with Crippen LogP contribution in [0.3, 0.4) is 0 Å². The van der Waals surface area contributed by atoms with Crippen molar-refractivity contribution in [2.75, 3.05) is 42.6 Å². The van der Waals surface area contributed by atoms with Gasteiger partial charge in [-0.15, -0.1) is 0 Å². The number of morpholine rings is 1. The highest BCUT2D eigenvalue weighted by Gasteiger charge is 2.27. The van der Waals surface area contributed by atoms with Crippen molar-refractivity contribution in [1.29, 1.82) is 0 Å². The lowest BCUT2D eigenvalue weighted by atomic mass is 10.3. The fraction of sp³-hybridized carbons (Fsp3) is 0.538. The largest absolute Gasteiger partial charge is 0.378 e. The van der Waals surface area contributed by atoms with Gasteiger partial charge in [0, 0.05) is 30.9 Å². The van der Waals surface area contributed by atoms with Crippen LogP contribution in [-0.2, 0) is 11.2 Å². The zero-order chi connectivity index (χ0) is 13.4. The van der Waals surface area contributed by atoms with Gasteiger partial charge in [0.25, 0.3) is 0 Å². The second kappa shape index (κ2) is 4.98. The number of aromatic nitrogens is 2. The van der Waals surface area contributed by atoms with Crippen molar-refractivity contribution in [1.82, 2.24) is 9.97 Å². The van der Waals surface area contributed by atoms with Gasteiger partial charge in [0.2, 0.25) is 5.95 Å². The minimum absolute atomic E-state index is 0.565. The predicted octanol–water partition coefficient (Wildman–Crippen LogP) is 1.86. The summed E-state index contributed by atoms with van der Waals surface area (Å²) in [5.74, 6) is 1.61. The molecular formula is C13H17ClN4O. The number of anilines is 2. The maximum absolute atomic E-state index is 6.30. The van der Waals surface area contributed by atoms with Gasteiger partial charge in [-0.2, -0.15) is 4.98 Å². The smallest absolute Gasteiger partial charge is 0.228 e. The molecule has 1 saturated heterocycles. The summed E-state index contributed by atoms with van der Waals surface area (Å²) < 4.78 is 5.35. The fourth-order valence-electron chi connectivity index (χ4n) is 2.48. The van der Waals surface area contributed by atoms with Crippen LogP contribution in [0.5, 0.6) is 0 Å². The molecule has 1 fully saturated rings. The van der Waals surface area contributed by atoms with Gasteiger partial charge in [0.1, 0.15) is 11.0 Å². The van der Waals surface area contributed by atoms with Gasteiger partial charge in [0.15, 0.2) is 0 Å². The van der Waals surface area contributed by atoms with Crippen molar-refractivity contribution in [3.05, 3.63) is 23.0 Å². The van der Waals surface area contributed by atoms with Crippen LogP contribution in [0.2, 0.25) is 5.15 Å². The summed E-state index contributed by atoms with van der Waals surface area (Å²) in [6, 6.07) is 0.